The standard InChI is InChI=1S/C20H30ClN7O3S/c1-14-6-8-15(9-7-14)27(32(30)31)11-4-5-12-28(2,3)13-10-24-20(29)16-18(22)26-19(23)17(21)25-16/h6-9H,4-5,10-13H2,1-3H3,(H5-,22,23,24,26,29,30,31)/p+1. The molecular weight excluding hydrogens is 454 g/mol. The molecule has 1 unspecified atom stereocenters. The zero-order valence-corrected chi connectivity index (χ0v) is 20.1. The van der Waals surface area contributed by atoms with E-state index in [-0.39, 0.29) is 22.5 Å². The molecule has 6 N–H and O–H groups in total. The Balaban J connectivity index is 1.78. The van der Waals surface area contributed by atoms with Crippen LogP contribution in [-0.4, -0.2) is 69.4 Å². The zero-order valence-electron chi connectivity index (χ0n) is 18.5. The first-order valence-electron chi connectivity index (χ1n) is 10.1. The molecule has 0 aliphatic heterocycles. The van der Waals surface area contributed by atoms with Crippen LogP contribution >= 0.6 is 11.6 Å². The van der Waals surface area contributed by atoms with Crippen LogP contribution in [0.3, 0.4) is 0 Å². The van der Waals surface area contributed by atoms with Crippen molar-refractivity contribution < 1.29 is 18.0 Å². The number of nitrogens with zero attached hydrogens (tertiary/aromatic N) is 4. The Hall–Kier alpha value is -2.47. The lowest BCUT2D eigenvalue weighted by molar-refractivity contribution is -0.889. The molecule has 1 heterocycles. The number of hydrogen-bond acceptors (Lipinski definition) is 6. The van der Waals surface area contributed by atoms with Crippen molar-refractivity contribution in [3.8, 4) is 0 Å². The Labute approximate surface area is 196 Å². The number of carbonyl (C=O) groups excluding carboxylic acids is 1. The first-order chi connectivity index (χ1) is 15.0. The number of rotatable bonds is 11. The SMILES string of the molecule is Cc1ccc(N(CCCC[N+](C)(C)CCNC(=O)c2nc(Cl)c(N)nc2N)S(=O)O)cc1. The van der Waals surface area contributed by atoms with Crippen LogP contribution in [-0.2, 0) is 11.3 Å². The van der Waals surface area contributed by atoms with Crippen LogP contribution in [0.1, 0.15) is 28.9 Å². The fraction of sp³-hybridized carbons (Fsp3) is 0.450. The summed E-state index contributed by atoms with van der Waals surface area (Å²) in [5, 5.41) is 2.71. The highest BCUT2D eigenvalue weighted by atomic mass is 35.5. The summed E-state index contributed by atoms with van der Waals surface area (Å²) in [7, 11) is 4.12. The molecule has 0 saturated carbocycles. The highest BCUT2D eigenvalue weighted by molar-refractivity contribution is 7.80. The highest BCUT2D eigenvalue weighted by Gasteiger charge is 2.19. The largest absolute Gasteiger partial charge is 0.382 e. The van der Waals surface area contributed by atoms with Crippen molar-refractivity contribution in [2.75, 3.05) is 56.0 Å². The molecule has 2 rings (SSSR count). The topological polar surface area (TPSA) is 147 Å². The first kappa shape index (κ1) is 25.8. The minimum atomic E-state index is -2.08. The van der Waals surface area contributed by atoms with E-state index in [0.29, 0.717) is 24.1 Å². The summed E-state index contributed by atoms with van der Waals surface area (Å²) in [6.07, 6.45) is 1.61. The molecule has 0 aliphatic rings. The molecule has 0 radical (unpaired) electrons. The van der Waals surface area contributed by atoms with Gasteiger partial charge in [-0.1, -0.05) is 29.3 Å². The van der Waals surface area contributed by atoms with Crippen LogP contribution in [0.15, 0.2) is 24.3 Å². The third kappa shape index (κ3) is 7.59. The van der Waals surface area contributed by atoms with Gasteiger partial charge in [0.15, 0.2) is 22.5 Å². The Bertz CT molecular complexity index is 957. The van der Waals surface area contributed by atoms with E-state index in [0.717, 1.165) is 30.6 Å². The van der Waals surface area contributed by atoms with Gasteiger partial charge in [-0.3, -0.25) is 13.7 Å². The van der Waals surface area contributed by atoms with Crippen LogP contribution in [0.5, 0.6) is 0 Å². The van der Waals surface area contributed by atoms with Crippen molar-refractivity contribution in [2.24, 2.45) is 0 Å². The van der Waals surface area contributed by atoms with Gasteiger partial charge in [0.05, 0.1) is 39.4 Å². The molecule has 176 valence electrons. The van der Waals surface area contributed by atoms with Crippen molar-refractivity contribution in [1.29, 1.82) is 0 Å². The second kappa shape index (κ2) is 11.4. The molecule has 0 aliphatic carbocycles. The lowest BCUT2D eigenvalue weighted by atomic mass is 10.2. The second-order valence-electron chi connectivity index (χ2n) is 8.15. The van der Waals surface area contributed by atoms with Gasteiger partial charge in [0.25, 0.3) is 17.2 Å². The summed E-state index contributed by atoms with van der Waals surface area (Å²) in [6.45, 7) is 4.37. The van der Waals surface area contributed by atoms with Gasteiger partial charge in [0.1, 0.15) is 0 Å². The van der Waals surface area contributed by atoms with E-state index in [9.17, 15) is 13.6 Å². The highest BCUT2D eigenvalue weighted by Crippen LogP contribution is 2.18. The minimum absolute atomic E-state index is 0.0236. The molecule has 0 spiro atoms. The number of nitrogens with one attached hydrogen (secondary N) is 1. The van der Waals surface area contributed by atoms with Crippen molar-refractivity contribution in [3.05, 3.63) is 40.7 Å². The second-order valence-corrected chi connectivity index (χ2v) is 9.41. The molecule has 1 aromatic carbocycles. The van der Waals surface area contributed by atoms with Crippen molar-refractivity contribution >= 4 is 46.1 Å². The van der Waals surface area contributed by atoms with E-state index in [1.54, 1.807) is 0 Å². The minimum Gasteiger partial charge on any atom is -0.382 e. The Kier molecular flexibility index (Phi) is 9.20. The van der Waals surface area contributed by atoms with Gasteiger partial charge >= 0.3 is 0 Å². The summed E-state index contributed by atoms with van der Waals surface area (Å²) in [5.41, 5.74) is 13.0. The average Bonchev–Trinajstić information content (AvgIpc) is 2.71. The van der Waals surface area contributed by atoms with E-state index >= 15 is 0 Å². The molecule has 0 bridgehead atoms. The number of unbranched alkanes of at least 4 members (excludes halogenated alkanes) is 1. The molecule has 1 atom stereocenters. The van der Waals surface area contributed by atoms with E-state index in [1.165, 1.54) is 4.31 Å². The van der Waals surface area contributed by atoms with Crippen LogP contribution in [0.25, 0.3) is 0 Å². The predicted molar refractivity (Wildman–Crippen MR) is 129 cm³/mol. The van der Waals surface area contributed by atoms with Crippen molar-refractivity contribution in [2.45, 2.75) is 19.8 Å². The molecular formula is C20H31ClN7O3S+. The summed E-state index contributed by atoms with van der Waals surface area (Å²) in [4.78, 5) is 20.0. The number of hydrogen-bond donors (Lipinski definition) is 4. The monoisotopic (exact) mass is 484 g/mol. The van der Waals surface area contributed by atoms with Gasteiger partial charge in [-0.05, 0) is 31.9 Å². The predicted octanol–water partition coefficient (Wildman–Crippen LogP) is 1.83. The van der Waals surface area contributed by atoms with E-state index in [2.05, 4.69) is 29.4 Å². The average molecular weight is 485 g/mol. The van der Waals surface area contributed by atoms with Gasteiger partial charge in [0, 0.05) is 6.54 Å². The quantitative estimate of drug-likeness (QED) is 0.216. The van der Waals surface area contributed by atoms with Crippen LogP contribution in [0, 0.1) is 6.92 Å². The number of aryl methyl sites for hydroxylation is 1. The number of aromatic nitrogens is 2. The van der Waals surface area contributed by atoms with Gasteiger partial charge < -0.3 is 21.3 Å². The van der Waals surface area contributed by atoms with Crippen LogP contribution in [0.2, 0.25) is 5.15 Å². The van der Waals surface area contributed by atoms with Gasteiger partial charge in [-0.25, -0.2) is 14.2 Å². The number of benzene rings is 1. The Morgan fingerprint density at radius 1 is 1.16 bits per heavy atom. The number of quaternary nitrogens is 1. The summed E-state index contributed by atoms with van der Waals surface area (Å²) in [5.74, 6) is -0.557. The summed E-state index contributed by atoms with van der Waals surface area (Å²) < 4.78 is 23.5. The zero-order chi connectivity index (χ0) is 23.9. The third-order valence-electron chi connectivity index (χ3n) is 5.01. The normalized spacial score (nSPS) is 12.4. The van der Waals surface area contributed by atoms with Crippen LogP contribution < -0.4 is 21.1 Å². The Morgan fingerprint density at radius 3 is 2.44 bits per heavy atom. The number of amides is 1. The molecule has 12 heteroatoms. The maximum Gasteiger partial charge on any atom is 0.273 e. The number of halogens is 1. The number of likely N-dealkylation sites (N-methyl/N-ethyl adjacent to an activating group) is 1. The third-order valence-corrected chi connectivity index (χ3v) is 6.06. The van der Waals surface area contributed by atoms with Gasteiger partial charge in [-0.15, -0.1) is 0 Å². The number of carbonyl (C=O) groups is 1. The van der Waals surface area contributed by atoms with Crippen molar-refractivity contribution in [1.82, 2.24) is 15.3 Å². The van der Waals surface area contributed by atoms with E-state index < -0.39 is 17.2 Å². The van der Waals surface area contributed by atoms with Crippen LogP contribution in [0.4, 0.5) is 17.3 Å². The maximum atomic E-state index is 12.3. The summed E-state index contributed by atoms with van der Waals surface area (Å²) >= 11 is 3.74. The first-order valence-corrected chi connectivity index (χ1v) is 11.6. The lowest BCUT2D eigenvalue weighted by Gasteiger charge is -2.30. The maximum absolute atomic E-state index is 12.3. The fourth-order valence-electron chi connectivity index (χ4n) is 3.08. The van der Waals surface area contributed by atoms with Gasteiger partial charge in [-0.2, -0.15) is 0 Å². The number of anilines is 3. The van der Waals surface area contributed by atoms with E-state index in [1.807, 2.05) is 31.2 Å². The number of nitrogen functional groups attached to an aromatic ring is 2. The summed E-state index contributed by atoms with van der Waals surface area (Å²) in [6, 6.07) is 7.52. The van der Waals surface area contributed by atoms with Crippen molar-refractivity contribution in [3.63, 3.8) is 0 Å². The molecule has 32 heavy (non-hydrogen) atoms. The Morgan fingerprint density at radius 2 is 1.81 bits per heavy atom. The van der Waals surface area contributed by atoms with Gasteiger partial charge in [0.2, 0.25) is 0 Å². The molecule has 0 saturated heterocycles. The smallest absolute Gasteiger partial charge is 0.273 e. The number of nitrogens with two attached hydrogens (primary N) is 2. The van der Waals surface area contributed by atoms with E-state index in [4.69, 9.17) is 23.1 Å². The fourth-order valence-corrected chi connectivity index (χ4v) is 3.79. The molecule has 1 aromatic heterocycles. The molecule has 10 nitrogen and oxygen atoms in total. The molecule has 1 amide bonds. The molecule has 2 aromatic rings. The molecule has 0 fully saturated rings. The lowest BCUT2D eigenvalue weighted by Crippen LogP contribution is -2.46.